The van der Waals surface area contributed by atoms with Gasteiger partial charge in [0.1, 0.15) is 0 Å². The van der Waals surface area contributed by atoms with Gasteiger partial charge in [-0.15, -0.1) is 0 Å². The zero-order chi connectivity index (χ0) is 9.84. The molecule has 1 aromatic rings. The van der Waals surface area contributed by atoms with Gasteiger partial charge in [-0.25, -0.2) is 4.79 Å². The monoisotopic (exact) mass is 183 g/mol. The van der Waals surface area contributed by atoms with Crippen LogP contribution in [-0.2, 0) is 13.1 Å². The van der Waals surface area contributed by atoms with Gasteiger partial charge in [0.05, 0.1) is 0 Å². The van der Waals surface area contributed by atoms with Crippen molar-refractivity contribution in [2.24, 2.45) is 5.73 Å². The molecule has 0 saturated carbocycles. The number of nitrogens with zero attached hydrogens (tertiary/aromatic N) is 2. The van der Waals surface area contributed by atoms with Crippen molar-refractivity contribution in [2.75, 3.05) is 6.54 Å². The third-order valence-electron chi connectivity index (χ3n) is 1.83. The molecule has 2 N–H and O–H groups in total. The Morgan fingerprint density at radius 2 is 2.15 bits per heavy atom. The van der Waals surface area contributed by atoms with Gasteiger partial charge in [-0.3, -0.25) is 9.36 Å². The van der Waals surface area contributed by atoms with Crippen LogP contribution in [0.1, 0.15) is 6.92 Å². The minimum atomic E-state index is -0.292. The number of nitrogens with two attached hydrogens (primary N) is 1. The Morgan fingerprint density at radius 1 is 1.46 bits per heavy atom. The van der Waals surface area contributed by atoms with Crippen LogP contribution in [0.3, 0.4) is 0 Å². The summed E-state index contributed by atoms with van der Waals surface area (Å²) in [5.41, 5.74) is 4.70. The van der Waals surface area contributed by atoms with Crippen LogP contribution in [-0.4, -0.2) is 15.7 Å². The summed E-state index contributed by atoms with van der Waals surface area (Å²) >= 11 is 0. The van der Waals surface area contributed by atoms with Crippen LogP contribution in [0.5, 0.6) is 0 Å². The molecule has 5 heteroatoms. The Kier molecular flexibility index (Phi) is 3.02. The van der Waals surface area contributed by atoms with Gasteiger partial charge in [0.15, 0.2) is 0 Å². The minimum Gasteiger partial charge on any atom is -0.329 e. The SMILES string of the molecule is CCn1ccc(=O)n(CCN)c1=O. The maximum Gasteiger partial charge on any atom is 0.330 e. The molecule has 0 aliphatic carbocycles. The average Bonchev–Trinajstić information content (AvgIpc) is 2.12. The first-order chi connectivity index (χ1) is 6.20. The molecule has 0 aliphatic heterocycles. The molecule has 1 heterocycles. The zero-order valence-corrected chi connectivity index (χ0v) is 7.56. The molecule has 0 bridgehead atoms. The van der Waals surface area contributed by atoms with Gasteiger partial charge >= 0.3 is 5.69 Å². The largest absolute Gasteiger partial charge is 0.330 e. The molecule has 0 radical (unpaired) electrons. The standard InChI is InChI=1S/C8H13N3O2/c1-2-10-5-3-7(12)11(6-4-9)8(10)13/h3,5H,2,4,6,9H2,1H3. The summed E-state index contributed by atoms with van der Waals surface area (Å²) in [6.45, 7) is 2.98. The third kappa shape index (κ3) is 1.86. The first-order valence-corrected chi connectivity index (χ1v) is 4.21. The Morgan fingerprint density at radius 3 is 2.69 bits per heavy atom. The summed E-state index contributed by atoms with van der Waals surface area (Å²) in [5.74, 6) is 0. The quantitative estimate of drug-likeness (QED) is 0.652. The fourth-order valence-corrected chi connectivity index (χ4v) is 1.13. The minimum absolute atomic E-state index is 0.276. The highest BCUT2D eigenvalue weighted by atomic mass is 16.2. The van der Waals surface area contributed by atoms with E-state index in [0.29, 0.717) is 13.1 Å². The van der Waals surface area contributed by atoms with Crippen molar-refractivity contribution in [3.63, 3.8) is 0 Å². The molecule has 0 unspecified atom stereocenters. The molecule has 0 saturated heterocycles. The summed E-state index contributed by atoms with van der Waals surface area (Å²) in [6.07, 6.45) is 1.50. The van der Waals surface area contributed by atoms with Crippen LogP contribution in [0, 0.1) is 0 Å². The van der Waals surface area contributed by atoms with Crippen LogP contribution >= 0.6 is 0 Å². The lowest BCUT2D eigenvalue weighted by molar-refractivity contribution is 0.571. The number of aromatic nitrogens is 2. The van der Waals surface area contributed by atoms with Gasteiger partial charge in [-0.2, -0.15) is 0 Å². The molecule has 1 rings (SSSR count). The van der Waals surface area contributed by atoms with Crippen molar-refractivity contribution in [1.82, 2.24) is 9.13 Å². The van der Waals surface area contributed by atoms with E-state index in [-0.39, 0.29) is 17.8 Å². The Balaban J connectivity index is 3.31. The zero-order valence-electron chi connectivity index (χ0n) is 7.56. The first kappa shape index (κ1) is 9.73. The molecule has 0 spiro atoms. The van der Waals surface area contributed by atoms with Gasteiger partial charge in [0, 0.05) is 31.9 Å². The van der Waals surface area contributed by atoms with Crippen LogP contribution in [0.4, 0.5) is 0 Å². The summed E-state index contributed by atoms with van der Waals surface area (Å²) < 4.78 is 2.61. The van der Waals surface area contributed by atoms with E-state index < -0.39 is 0 Å². The van der Waals surface area contributed by atoms with E-state index in [1.54, 1.807) is 0 Å². The Hall–Kier alpha value is -1.36. The lowest BCUT2D eigenvalue weighted by Gasteiger charge is -2.05. The van der Waals surface area contributed by atoms with Crippen molar-refractivity contribution in [3.8, 4) is 0 Å². The highest BCUT2D eigenvalue weighted by Gasteiger charge is 2.01. The Labute approximate surface area is 75.4 Å². The van der Waals surface area contributed by atoms with Crippen LogP contribution in [0.15, 0.2) is 21.9 Å². The van der Waals surface area contributed by atoms with Gasteiger partial charge in [-0.1, -0.05) is 0 Å². The van der Waals surface area contributed by atoms with E-state index in [0.717, 1.165) is 4.57 Å². The average molecular weight is 183 g/mol. The molecule has 1 aromatic heterocycles. The van der Waals surface area contributed by atoms with Crippen molar-refractivity contribution < 1.29 is 0 Å². The molecular weight excluding hydrogens is 170 g/mol. The van der Waals surface area contributed by atoms with Crippen LogP contribution in [0.2, 0.25) is 0 Å². The summed E-state index contributed by atoms with van der Waals surface area (Å²) in [7, 11) is 0. The highest BCUT2D eigenvalue weighted by Crippen LogP contribution is 1.77. The molecule has 0 aliphatic rings. The number of hydrogen-bond donors (Lipinski definition) is 1. The summed E-state index contributed by atoms with van der Waals surface area (Å²) in [5, 5.41) is 0. The fraction of sp³-hybridized carbons (Fsp3) is 0.500. The number of rotatable bonds is 3. The second kappa shape index (κ2) is 4.04. The maximum absolute atomic E-state index is 11.5. The van der Waals surface area contributed by atoms with Gasteiger partial charge in [0.2, 0.25) is 0 Å². The van der Waals surface area contributed by atoms with E-state index in [2.05, 4.69) is 0 Å². The summed E-state index contributed by atoms with van der Waals surface area (Å²) in [6, 6.07) is 1.38. The van der Waals surface area contributed by atoms with E-state index in [1.165, 1.54) is 16.8 Å². The Bertz CT molecular complexity index is 391. The third-order valence-corrected chi connectivity index (χ3v) is 1.83. The van der Waals surface area contributed by atoms with Crippen molar-refractivity contribution in [3.05, 3.63) is 33.1 Å². The van der Waals surface area contributed by atoms with E-state index in [1.807, 2.05) is 6.92 Å². The van der Waals surface area contributed by atoms with Gasteiger partial charge < -0.3 is 10.3 Å². The smallest absolute Gasteiger partial charge is 0.329 e. The molecule has 13 heavy (non-hydrogen) atoms. The highest BCUT2D eigenvalue weighted by molar-refractivity contribution is 4.86. The second-order valence-corrected chi connectivity index (χ2v) is 2.66. The molecule has 72 valence electrons. The molecular formula is C8H13N3O2. The molecule has 5 nitrogen and oxygen atoms in total. The van der Waals surface area contributed by atoms with E-state index in [4.69, 9.17) is 5.73 Å². The predicted octanol–water partition coefficient (Wildman–Crippen LogP) is -1.01. The predicted molar refractivity (Wildman–Crippen MR) is 49.7 cm³/mol. The molecule has 0 atom stereocenters. The fourth-order valence-electron chi connectivity index (χ4n) is 1.13. The first-order valence-electron chi connectivity index (χ1n) is 4.21. The van der Waals surface area contributed by atoms with E-state index >= 15 is 0 Å². The van der Waals surface area contributed by atoms with Crippen molar-refractivity contribution >= 4 is 0 Å². The van der Waals surface area contributed by atoms with Gasteiger partial charge in [0.25, 0.3) is 5.56 Å². The lowest BCUT2D eigenvalue weighted by atomic mass is 10.5. The number of aryl methyl sites for hydroxylation is 1. The maximum atomic E-state index is 11.5. The van der Waals surface area contributed by atoms with Crippen LogP contribution in [0.25, 0.3) is 0 Å². The normalized spacial score (nSPS) is 10.3. The van der Waals surface area contributed by atoms with Crippen LogP contribution < -0.4 is 17.0 Å². The molecule has 0 amide bonds. The van der Waals surface area contributed by atoms with E-state index in [9.17, 15) is 9.59 Å². The lowest BCUT2D eigenvalue weighted by Crippen LogP contribution is -2.40. The van der Waals surface area contributed by atoms with Crippen molar-refractivity contribution in [2.45, 2.75) is 20.0 Å². The van der Waals surface area contributed by atoms with Crippen molar-refractivity contribution in [1.29, 1.82) is 0 Å². The topological polar surface area (TPSA) is 70.0 Å². The summed E-state index contributed by atoms with van der Waals surface area (Å²) in [4.78, 5) is 22.7. The molecule has 0 fully saturated rings. The second-order valence-electron chi connectivity index (χ2n) is 2.66. The molecule has 0 aromatic carbocycles. The number of hydrogen-bond acceptors (Lipinski definition) is 3. The van der Waals surface area contributed by atoms with Gasteiger partial charge in [-0.05, 0) is 6.92 Å².